The normalized spacial score (nSPS) is 20.8. The maximum absolute atomic E-state index is 14.8. The highest BCUT2D eigenvalue weighted by atomic mass is 35.5. The molecule has 16 nitrogen and oxygen atoms in total. The van der Waals surface area contributed by atoms with Gasteiger partial charge < -0.3 is 34.7 Å². The van der Waals surface area contributed by atoms with E-state index in [9.17, 15) is 29.5 Å². The van der Waals surface area contributed by atoms with Gasteiger partial charge in [-0.15, -0.1) is 0 Å². The van der Waals surface area contributed by atoms with Crippen LogP contribution in [0.3, 0.4) is 0 Å². The van der Waals surface area contributed by atoms with Crippen molar-refractivity contribution in [3.8, 4) is 22.8 Å². The summed E-state index contributed by atoms with van der Waals surface area (Å²) in [6, 6.07) is 18.6. The smallest absolute Gasteiger partial charge is 0.304 e. The van der Waals surface area contributed by atoms with Crippen molar-refractivity contribution in [2.45, 2.75) is 102 Å². The lowest BCUT2D eigenvalue weighted by atomic mass is 9.81. The average Bonchev–Trinajstić information content (AvgIpc) is 4.04. The van der Waals surface area contributed by atoms with E-state index in [4.69, 9.17) is 37.7 Å². The minimum absolute atomic E-state index is 0.0642. The van der Waals surface area contributed by atoms with Crippen molar-refractivity contribution in [1.82, 2.24) is 39.9 Å². The molecule has 0 unspecified atom stereocenters. The number of hydrogen-bond acceptors (Lipinski definition) is 11. The van der Waals surface area contributed by atoms with Crippen molar-refractivity contribution in [3.05, 3.63) is 136 Å². The molecule has 18 heteroatoms. The topological polar surface area (TPSA) is 182 Å². The van der Waals surface area contributed by atoms with Crippen LogP contribution >= 0.6 is 23.2 Å². The van der Waals surface area contributed by atoms with Crippen LogP contribution in [0.15, 0.2) is 109 Å². The second kappa shape index (κ2) is 22.8. The highest BCUT2D eigenvalue weighted by Crippen LogP contribution is 2.35. The van der Waals surface area contributed by atoms with Gasteiger partial charge in [0.05, 0.1) is 49.0 Å². The standard InChI is InChI=1S/C54H64Cl2N8O8/c1-36(57-30-40-13-18-43(56)28-47(40)72-44-19-14-39(15-20-44)45-31-58-48(60(45)4)33-61-22-7-8-23-61)51(68)64-46(34-71-53(64,2)3)50(67)59-54(29-37-11-16-42(55)17-12-37)21-9-24-62(35-54)52(69)41(27-49(65)66)26-38-10-5-6-25-63(70)32-38/h5-6,10-20,25,28,31-32,36,41,46,57,70H,7-9,21-24,26-27,29-30,33-35H2,1-4H3,(H,59,67)(H,65,66)/t36-,41+,46-,54+/m0/s1. The summed E-state index contributed by atoms with van der Waals surface area (Å²) < 4.78 is 14.7. The Hall–Kier alpha value is -6.01. The Labute approximate surface area is 430 Å². The first-order valence-electron chi connectivity index (χ1n) is 24.6. The first kappa shape index (κ1) is 52.3. The molecule has 1 aromatic heterocycles. The monoisotopic (exact) mass is 1020 g/mol. The predicted molar refractivity (Wildman–Crippen MR) is 274 cm³/mol. The summed E-state index contributed by atoms with van der Waals surface area (Å²) in [6.07, 6.45) is 13.3. The number of carboxylic acid groups (broad SMARTS) is 1. The summed E-state index contributed by atoms with van der Waals surface area (Å²) in [7, 11) is 2.04. The van der Waals surface area contributed by atoms with Gasteiger partial charge in [0.15, 0.2) is 0 Å². The van der Waals surface area contributed by atoms with E-state index in [-0.39, 0.29) is 37.9 Å². The summed E-state index contributed by atoms with van der Waals surface area (Å²) in [6.45, 7) is 8.87. The van der Waals surface area contributed by atoms with Crippen molar-refractivity contribution >= 4 is 46.9 Å². The van der Waals surface area contributed by atoms with E-state index < -0.39 is 47.6 Å². The number of nitrogens with one attached hydrogen (secondary N) is 2. The number of benzene rings is 3. The van der Waals surface area contributed by atoms with Crippen molar-refractivity contribution in [2.75, 3.05) is 32.8 Å². The Kier molecular flexibility index (Phi) is 16.6. The lowest BCUT2D eigenvalue weighted by Gasteiger charge is -2.45. The van der Waals surface area contributed by atoms with Gasteiger partial charge in [-0.05, 0) is 138 Å². The summed E-state index contributed by atoms with van der Waals surface area (Å²) in [5.41, 5.74) is 2.06. The van der Waals surface area contributed by atoms with E-state index in [0.29, 0.717) is 52.9 Å². The van der Waals surface area contributed by atoms with E-state index in [1.165, 1.54) is 30.1 Å². The molecule has 4 aromatic rings. The lowest BCUT2D eigenvalue weighted by Crippen LogP contribution is -2.65. The zero-order valence-electron chi connectivity index (χ0n) is 41.2. The van der Waals surface area contributed by atoms with Gasteiger partial charge in [0.25, 0.3) is 0 Å². The van der Waals surface area contributed by atoms with E-state index >= 15 is 0 Å². The fraction of sp³-hybridized carbons (Fsp3) is 0.426. The molecule has 3 amide bonds. The molecule has 3 aromatic carbocycles. The minimum Gasteiger partial charge on any atom is -0.481 e. The number of imidazole rings is 1. The zero-order chi connectivity index (χ0) is 51.2. The molecule has 5 heterocycles. The number of aliphatic carboxylic acids is 1. The third kappa shape index (κ3) is 12.8. The van der Waals surface area contributed by atoms with Gasteiger partial charge in [0, 0.05) is 60.3 Å². The van der Waals surface area contributed by atoms with Gasteiger partial charge in [-0.1, -0.05) is 53.6 Å². The molecular formula is C54H64Cl2N8O8. The first-order valence-corrected chi connectivity index (χ1v) is 25.3. The van der Waals surface area contributed by atoms with E-state index in [1.54, 1.807) is 68.2 Å². The number of rotatable bonds is 18. The van der Waals surface area contributed by atoms with Crippen LogP contribution in [0.4, 0.5) is 0 Å². The van der Waals surface area contributed by atoms with Crippen LogP contribution in [-0.4, -0.2) is 119 Å². The molecule has 0 saturated carbocycles. The number of allylic oxidation sites excluding steroid dienone is 4. The second-order valence-corrected chi connectivity index (χ2v) is 20.7. The number of likely N-dealkylation sites (tertiary alicyclic amines) is 2. The van der Waals surface area contributed by atoms with E-state index in [2.05, 4.69) is 20.1 Å². The average molecular weight is 1020 g/mol. The number of piperidine rings is 1. The van der Waals surface area contributed by atoms with E-state index in [0.717, 1.165) is 52.9 Å². The third-order valence-electron chi connectivity index (χ3n) is 14.0. The van der Waals surface area contributed by atoms with Crippen LogP contribution in [0.1, 0.15) is 76.2 Å². The Bertz CT molecular complexity index is 2700. The van der Waals surface area contributed by atoms with Crippen LogP contribution in [0.25, 0.3) is 11.3 Å². The van der Waals surface area contributed by atoms with Gasteiger partial charge in [0.1, 0.15) is 29.1 Å². The molecule has 3 fully saturated rings. The highest BCUT2D eigenvalue weighted by Gasteiger charge is 2.50. The highest BCUT2D eigenvalue weighted by molar-refractivity contribution is 6.31. The molecule has 0 bridgehead atoms. The zero-order valence-corrected chi connectivity index (χ0v) is 42.7. The fourth-order valence-electron chi connectivity index (χ4n) is 10.2. The third-order valence-corrected chi connectivity index (χ3v) is 14.5. The van der Waals surface area contributed by atoms with Crippen molar-refractivity contribution < 1.29 is 39.0 Å². The molecule has 0 radical (unpaired) electrons. The molecule has 8 rings (SSSR count). The molecule has 4 atom stereocenters. The number of ether oxygens (including phenoxy) is 2. The van der Waals surface area contributed by atoms with Crippen LogP contribution in [0.2, 0.25) is 10.0 Å². The summed E-state index contributed by atoms with van der Waals surface area (Å²) in [4.78, 5) is 66.2. The van der Waals surface area contributed by atoms with Crippen molar-refractivity contribution in [1.29, 1.82) is 0 Å². The fourth-order valence-corrected chi connectivity index (χ4v) is 10.5. The number of carbonyl (C=O) groups is 4. The Morgan fingerprint density at radius 2 is 1.68 bits per heavy atom. The molecule has 0 aliphatic carbocycles. The number of amides is 3. The lowest BCUT2D eigenvalue weighted by molar-refractivity contribution is -0.152. The number of hydroxylamine groups is 2. The number of nitrogens with zero attached hydrogens (tertiary/aromatic N) is 6. The van der Waals surface area contributed by atoms with Crippen LogP contribution in [0.5, 0.6) is 11.5 Å². The molecule has 382 valence electrons. The Morgan fingerprint density at radius 1 is 0.944 bits per heavy atom. The quantitative estimate of drug-likeness (QED) is 0.0754. The number of halogens is 2. The largest absolute Gasteiger partial charge is 0.481 e. The molecule has 4 aliphatic rings. The van der Waals surface area contributed by atoms with Crippen molar-refractivity contribution in [2.24, 2.45) is 13.0 Å². The van der Waals surface area contributed by atoms with Crippen LogP contribution < -0.4 is 15.4 Å². The summed E-state index contributed by atoms with van der Waals surface area (Å²) in [5, 5.41) is 28.6. The Morgan fingerprint density at radius 3 is 2.42 bits per heavy atom. The van der Waals surface area contributed by atoms with Gasteiger partial charge >= 0.3 is 5.97 Å². The van der Waals surface area contributed by atoms with Crippen molar-refractivity contribution in [3.63, 3.8) is 0 Å². The van der Waals surface area contributed by atoms with Gasteiger partial charge in [-0.25, -0.2) is 10.0 Å². The molecule has 0 spiro atoms. The number of aromatic nitrogens is 2. The van der Waals surface area contributed by atoms with Crippen LogP contribution in [0, 0.1) is 5.92 Å². The molecule has 3 saturated heterocycles. The second-order valence-electron chi connectivity index (χ2n) is 19.8. The summed E-state index contributed by atoms with van der Waals surface area (Å²) >= 11 is 12.8. The predicted octanol–water partition coefficient (Wildman–Crippen LogP) is 8.08. The van der Waals surface area contributed by atoms with Gasteiger partial charge in [-0.2, -0.15) is 0 Å². The van der Waals surface area contributed by atoms with Gasteiger partial charge in [-0.3, -0.25) is 34.2 Å². The molecular weight excluding hydrogens is 960 g/mol. The number of carboxylic acids is 1. The van der Waals surface area contributed by atoms with E-state index in [1.807, 2.05) is 55.7 Å². The van der Waals surface area contributed by atoms with Gasteiger partial charge in [0.2, 0.25) is 17.7 Å². The SMILES string of the molecule is C[C@H](NCc1ccc(Cl)cc1Oc1ccc(-c2cnc(CN3CCCC3)n2C)cc1)C(=O)N1[C@H](C(=O)N[C@@]2(Cc3ccc(Cl)cc3)CCCN(C(=O)[C@@H](CC(=O)O)CC3=CN(O)C=CC=C3)C2)COC1(C)C. The summed E-state index contributed by atoms with van der Waals surface area (Å²) in [5.74, 6) is -1.10. The maximum Gasteiger partial charge on any atom is 0.304 e. The minimum atomic E-state index is -1.15. The first-order chi connectivity index (χ1) is 34.5. The molecule has 4 N–H and O–H groups in total. The Balaban J connectivity index is 0.954. The maximum atomic E-state index is 14.8. The molecule has 4 aliphatic heterocycles. The van der Waals surface area contributed by atoms with Crippen LogP contribution in [-0.2, 0) is 50.5 Å². The molecule has 72 heavy (non-hydrogen) atoms. The number of carbonyl (C=O) groups excluding carboxylic acids is 3. The number of hydrogen-bond donors (Lipinski definition) is 4.